The molecule has 1 atom stereocenters. The van der Waals surface area contributed by atoms with Crippen molar-refractivity contribution in [3.05, 3.63) is 27.7 Å². The molecule has 1 saturated heterocycles. The summed E-state index contributed by atoms with van der Waals surface area (Å²) >= 11 is 12.2. The van der Waals surface area contributed by atoms with Gasteiger partial charge in [-0.1, -0.05) is 29.3 Å². The van der Waals surface area contributed by atoms with Crippen molar-refractivity contribution in [1.29, 1.82) is 0 Å². The molecule has 2 N–H and O–H groups in total. The summed E-state index contributed by atoms with van der Waals surface area (Å²) < 4.78 is 0. The zero-order valence-electron chi connectivity index (χ0n) is 10.2. The maximum absolute atomic E-state index is 12.1. The van der Waals surface area contributed by atoms with Gasteiger partial charge >= 0.3 is 0 Å². The second-order valence-corrected chi connectivity index (χ2v) is 5.37. The summed E-state index contributed by atoms with van der Waals surface area (Å²) in [6, 6.07) is 3.58. The lowest BCUT2D eigenvalue weighted by Gasteiger charge is -2.22. The third-order valence-electron chi connectivity index (χ3n) is 3.20. The van der Waals surface area contributed by atoms with Crippen LogP contribution in [0, 0.1) is 12.8 Å². The van der Waals surface area contributed by atoms with E-state index in [9.17, 15) is 4.79 Å². The van der Waals surface area contributed by atoms with Crippen LogP contribution in [0.1, 0.15) is 18.4 Å². The summed E-state index contributed by atoms with van der Waals surface area (Å²) in [5.41, 5.74) is 1.42. The quantitative estimate of drug-likeness (QED) is 0.876. The molecule has 1 fully saturated rings. The average Bonchev–Trinajstić information content (AvgIpc) is 2.40. The second kappa shape index (κ2) is 5.91. The molecule has 3 nitrogen and oxygen atoms in total. The highest BCUT2D eigenvalue weighted by Gasteiger charge is 2.22. The predicted octanol–water partition coefficient (Wildman–Crippen LogP) is 3.24. The van der Waals surface area contributed by atoms with Crippen molar-refractivity contribution in [2.75, 3.05) is 18.4 Å². The van der Waals surface area contributed by atoms with Crippen molar-refractivity contribution >= 4 is 34.8 Å². The molecule has 0 saturated carbocycles. The van der Waals surface area contributed by atoms with Crippen molar-refractivity contribution < 1.29 is 4.79 Å². The highest BCUT2D eigenvalue weighted by atomic mass is 35.5. The summed E-state index contributed by atoms with van der Waals surface area (Å²) in [6.45, 7) is 3.58. The number of rotatable bonds is 2. The molecule has 2 rings (SSSR count). The Morgan fingerprint density at radius 2 is 2.22 bits per heavy atom. The number of hydrogen-bond donors (Lipinski definition) is 2. The van der Waals surface area contributed by atoms with E-state index in [1.165, 1.54) is 0 Å². The standard InChI is InChI=1S/C13H16Cl2N2O/c1-8-4-5-10(14)12(11(8)15)17-13(18)9-3-2-6-16-7-9/h4-5,9,16H,2-3,6-7H2,1H3,(H,17,18)/t9-/m0/s1. The largest absolute Gasteiger partial charge is 0.323 e. The number of halogens is 2. The fourth-order valence-corrected chi connectivity index (χ4v) is 2.54. The first kappa shape index (κ1) is 13.7. The molecule has 0 spiro atoms. The monoisotopic (exact) mass is 286 g/mol. The van der Waals surface area contributed by atoms with Gasteiger partial charge in [-0.2, -0.15) is 0 Å². The number of aryl methyl sites for hydroxylation is 1. The molecule has 1 aromatic rings. The van der Waals surface area contributed by atoms with Crippen LogP contribution in [0.25, 0.3) is 0 Å². The van der Waals surface area contributed by atoms with Gasteiger partial charge in [-0.25, -0.2) is 0 Å². The van der Waals surface area contributed by atoms with E-state index in [0.717, 1.165) is 24.9 Å². The summed E-state index contributed by atoms with van der Waals surface area (Å²) in [7, 11) is 0. The third-order valence-corrected chi connectivity index (χ3v) is 4.00. The van der Waals surface area contributed by atoms with E-state index in [-0.39, 0.29) is 11.8 Å². The molecule has 5 heteroatoms. The van der Waals surface area contributed by atoms with E-state index < -0.39 is 0 Å². The van der Waals surface area contributed by atoms with Crippen LogP contribution in [0.2, 0.25) is 10.0 Å². The van der Waals surface area contributed by atoms with E-state index in [4.69, 9.17) is 23.2 Å². The Bertz CT molecular complexity index is 457. The Balaban J connectivity index is 2.13. The third kappa shape index (κ3) is 2.97. The zero-order chi connectivity index (χ0) is 13.1. The minimum Gasteiger partial charge on any atom is -0.323 e. The molecule has 1 aliphatic rings. The van der Waals surface area contributed by atoms with Gasteiger partial charge in [0.25, 0.3) is 0 Å². The molecule has 0 aliphatic carbocycles. The molecule has 1 aromatic carbocycles. The molecule has 1 amide bonds. The van der Waals surface area contributed by atoms with Gasteiger partial charge in [0.1, 0.15) is 0 Å². The van der Waals surface area contributed by atoms with Crippen LogP contribution in [0.3, 0.4) is 0 Å². The molecule has 0 aromatic heterocycles. The van der Waals surface area contributed by atoms with Crippen LogP contribution in [0.5, 0.6) is 0 Å². The van der Waals surface area contributed by atoms with Crippen LogP contribution in [-0.4, -0.2) is 19.0 Å². The molecular weight excluding hydrogens is 271 g/mol. The first-order valence-corrected chi connectivity index (χ1v) is 6.81. The topological polar surface area (TPSA) is 41.1 Å². The van der Waals surface area contributed by atoms with Gasteiger partial charge < -0.3 is 10.6 Å². The van der Waals surface area contributed by atoms with E-state index in [1.807, 2.05) is 13.0 Å². The van der Waals surface area contributed by atoms with Crippen LogP contribution in [-0.2, 0) is 4.79 Å². The highest BCUT2D eigenvalue weighted by Crippen LogP contribution is 2.33. The number of amides is 1. The minimum absolute atomic E-state index is 0.00797. The summed E-state index contributed by atoms with van der Waals surface area (Å²) in [4.78, 5) is 12.1. The Morgan fingerprint density at radius 3 is 2.89 bits per heavy atom. The first-order valence-electron chi connectivity index (χ1n) is 6.06. The summed E-state index contributed by atoms with van der Waals surface area (Å²) in [5, 5.41) is 7.05. The Kier molecular flexibility index (Phi) is 4.49. The van der Waals surface area contributed by atoms with Gasteiger partial charge in [0.2, 0.25) is 5.91 Å². The lowest BCUT2D eigenvalue weighted by molar-refractivity contribution is -0.120. The summed E-state index contributed by atoms with van der Waals surface area (Å²) in [6.07, 6.45) is 1.92. The van der Waals surface area contributed by atoms with Crippen molar-refractivity contribution in [2.24, 2.45) is 5.92 Å². The Morgan fingerprint density at radius 1 is 1.44 bits per heavy atom. The number of anilines is 1. The van der Waals surface area contributed by atoms with Crippen LogP contribution >= 0.6 is 23.2 Å². The molecule has 0 bridgehead atoms. The normalized spacial score (nSPS) is 19.6. The van der Waals surface area contributed by atoms with E-state index >= 15 is 0 Å². The number of benzene rings is 1. The number of nitrogens with one attached hydrogen (secondary N) is 2. The van der Waals surface area contributed by atoms with Gasteiger partial charge in [-0.3, -0.25) is 4.79 Å². The lowest BCUT2D eigenvalue weighted by Crippen LogP contribution is -2.37. The van der Waals surface area contributed by atoms with Crippen molar-refractivity contribution in [1.82, 2.24) is 5.32 Å². The van der Waals surface area contributed by atoms with Crippen LogP contribution < -0.4 is 10.6 Å². The molecule has 1 heterocycles. The van der Waals surface area contributed by atoms with Crippen molar-refractivity contribution in [2.45, 2.75) is 19.8 Å². The van der Waals surface area contributed by atoms with Gasteiger partial charge in [-0.15, -0.1) is 0 Å². The number of piperidine rings is 1. The Labute approximate surface area is 117 Å². The molecule has 98 valence electrons. The van der Waals surface area contributed by atoms with Crippen molar-refractivity contribution in [3.8, 4) is 0 Å². The lowest BCUT2D eigenvalue weighted by atomic mass is 9.99. The van der Waals surface area contributed by atoms with E-state index in [2.05, 4.69) is 10.6 Å². The van der Waals surface area contributed by atoms with E-state index in [0.29, 0.717) is 22.3 Å². The predicted molar refractivity (Wildman–Crippen MR) is 75.4 cm³/mol. The fraction of sp³-hybridized carbons (Fsp3) is 0.462. The van der Waals surface area contributed by atoms with E-state index in [1.54, 1.807) is 6.07 Å². The second-order valence-electron chi connectivity index (χ2n) is 4.59. The molecule has 1 aliphatic heterocycles. The van der Waals surface area contributed by atoms with Crippen LogP contribution in [0.15, 0.2) is 12.1 Å². The minimum atomic E-state index is -0.0170. The zero-order valence-corrected chi connectivity index (χ0v) is 11.7. The maximum atomic E-state index is 12.1. The SMILES string of the molecule is Cc1ccc(Cl)c(NC(=O)[C@H]2CCCNC2)c1Cl. The van der Waals surface area contributed by atoms with Gasteiger partial charge in [0.05, 0.1) is 21.7 Å². The average molecular weight is 287 g/mol. The summed E-state index contributed by atoms with van der Waals surface area (Å²) in [5.74, 6) is -0.0250. The maximum Gasteiger partial charge on any atom is 0.228 e. The van der Waals surface area contributed by atoms with Crippen LogP contribution in [0.4, 0.5) is 5.69 Å². The smallest absolute Gasteiger partial charge is 0.228 e. The highest BCUT2D eigenvalue weighted by molar-refractivity contribution is 6.40. The first-order chi connectivity index (χ1) is 8.59. The Hall–Kier alpha value is -0.770. The molecule has 0 radical (unpaired) electrons. The van der Waals surface area contributed by atoms with Crippen molar-refractivity contribution in [3.63, 3.8) is 0 Å². The number of carbonyl (C=O) groups is 1. The molecule has 18 heavy (non-hydrogen) atoms. The number of carbonyl (C=O) groups excluding carboxylic acids is 1. The number of hydrogen-bond acceptors (Lipinski definition) is 2. The van der Waals surface area contributed by atoms with Gasteiger partial charge in [-0.05, 0) is 37.9 Å². The molecular formula is C13H16Cl2N2O. The molecule has 0 unspecified atom stereocenters. The fourth-order valence-electron chi connectivity index (χ4n) is 2.07. The van der Waals surface area contributed by atoms with Gasteiger partial charge in [0, 0.05) is 6.54 Å². The van der Waals surface area contributed by atoms with Gasteiger partial charge in [0.15, 0.2) is 0 Å².